The molecule has 1 aromatic heterocycles. The minimum atomic E-state index is -0.00335. The standard InChI is InChI=1S/C24H27ClN4OS/c25-22-9-5-4-8-20(22)16-21-17-26-24(31-21)27-23(30)18-29-14-12-28(13-15-29)11-10-19-6-2-1-3-7-19/h1-9,17H,10-16,18H2,(H,26,27,30). The van der Waals surface area contributed by atoms with E-state index in [1.165, 1.54) is 16.9 Å². The van der Waals surface area contributed by atoms with Gasteiger partial charge in [-0.05, 0) is 23.6 Å². The number of carbonyl (C=O) groups excluding carboxylic acids is 1. The van der Waals surface area contributed by atoms with Crippen molar-refractivity contribution in [1.29, 1.82) is 0 Å². The van der Waals surface area contributed by atoms with Gasteiger partial charge >= 0.3 is 0 Å². The van der Waals surface area contributed by atoms with Gasteiger partial charge in [0.05, 0.1) is 6.54 Å². The van der Waals surface area contributed by atoms with Gasteiger partial charge in [0.15, 0.2) is 5.13 Å². The van der Waals surface area contributed by atoms with E-state index in [1.54, 1.807) is 0 Å². The van der Waals surface area contributed by atoms with Crippen molar-refractivity contribution in [2.45, 2.75) is 12.8 Å². The van der Waals surface area contributed by atoms with Gasteiger partial charge in [-0.15, -0.1) is 11.3 Å². The number of carbonyl (C=O) groups is 1. The van der Waals surface area contributed by atoms with Crippen molar-refractivity contribution in [3.63, 3.8) is 0 Å². The van der Waals surface area contributed by atoms with Crippen molar-refractivity contribution in [2.24, 2.45) is 0 Å². The third-order valence-corrected chi connectivity index (χ3v) is 6.80. The molecule has 2 heterocycles. The Morgan fingerprint density at radius 1 is 1.00 bits per heavy atom. The first-order valence-corrected chi connectivity index (χ1v) is 11.8. The van der Waals surface area contributed by atoms with Crippen LogP contribution in [0.2, 0.25) is 5.02 Å². The molecule has 7 heteroatoms. The topological polar surface area (TPSA) is 48.5 Å². The Balaban J connectivity index is 1.19. The van der Waals surface area contributed by atoms with Crippen LogP contribution >= 0.6 is 22.9 Å². The first kappa shape index (κ1) is 22.0. The average molecular weight is 455 g/mol. The summed E-state index contributed by atoms with van der Waals surface area (Å²) in [5, 5.41) is 4.35. The minimum Gasteiger partial charge on any atom is -0.301 e. The Kier molecular flexibility index (Phi) is 7.70. The van der Waals surface area contributed by atoms with E-state index in [2.05, 4.69) is 50.4 Å². The lowest BCUT2D eigenvalue weighted by atomic mass is 10.1. The van der Waals surface area contributed by atoms with E-state index in [-0.39, 0.29) is 5.91 Å². The number of aromatic nitrogens is 1. The summed E-state index contributed by atoms with van der Waals surface area (Å²) in [6, 6.07) is 18.4. The molecule has 2 aromatic carbocycles. The fourth-order valence-electron chi connectivity index (χ4n) is 3.74. The number of piperazine rings is 1. The summed E-state index contributed by atoms with van der Waals surface area (Å²) in [5.41, 5.74) is 2.44. The van der Waals surface area contributed by atoms with Crippen molar-refractivity contribution in [3.8, 4) is 0 Å². The molecule has 0 unspecified atom stereocenters. The van der Waals surface area contributed by atoms with Crippen LogP contribution < -0.4 is 5.32 Å². The zero-order valence-corrected chi connectivity index (χ0v) is 19.0. The van der Waals surface area contributed by atoms with Crippen molar-refractivity contribution >= 4 is 34.0 Å². The molecule has 0 bridgehead atoms. The van der Waals surface area contributed by atoms with Gasteiger partial charge in [-0.2, -0.15) is 0 Å². The summed E-state index contributed by atoms with van der Waals surface area (Å²) in [6.07, 6.45) is 3.61. The van der Waals surface area contributed by atoms with E-state index in [0.29, 0.717) is 11.7 Å². The highest BCUT2D eigenvalue weighted by Crippen LogP contribution is 2.24. The second-order valence-corrected chi connectivity index (χ2v) is 9.32. The van der Waals surface area contributed by atoms with E-state index in [0.717, 1.165) is 61.0 Å². The number of nitrogens with zero attached hydrogens (tertiary/aromatic N) is 3. The van der Waals surface area contributed by atoms with Crippen LogP contribution in [0.4, 0.5) is 5.13 Å². The van der Waals surface area contributed by atoms with Gasteiger partial charge in [-0.3, -0.25) is 9.69 Å². The maximum Gasteiger partial charge on any atom is 0.240 e. The predicted molar refractivity (Wildman–Crippen MR) is 128 cm³/mol. The van der Waals surface area contributed by atoms with Crippen molar-refractivity contribution in [3.05, 3.63) is 81.8 Å². The molecule has 4 rings (SSSR count). The average Bonchev–Trinajstić information content (AvgIpc) is 3.22. The second-order valence-electron chi connectivity index (χ2n) is 7.80. The molecular formula is C24H27ClN4OS. The van der Waals surface area contributed by atoms with Gasteiger partial charge in [0.2, 0.25) is 5.91 Å². The lowest BCUT2D eigenvalue weighted by molar-refractivity contribution is -0.117. The van der Waals surface area contributed by atoms with Crippen molar-refractivity contribution < 1.29 is 4.79 Å². The third-order valence-electron chi connectivity index (χ3n) is 5.51. The fourth-order valence-corrected chi connectivity index (χ4v) is 4.80. The largest absolute Gasteiger partial charge is 0.301 e. The van der Waals surface area contributed by atoms with E-state index < -0.39 is 0 Å². The number of hydrogen-bond acceptors (Lipinski definition) is 5. The summed E-state index contributed by atoms with van der Waals surface area (Å²) in [5.74, 6) is -0.00335. The van der Waals surface area contributed by atoms with Gasteiger partial charge in [-0.1, -0.05) is 60.1 Å². The third kappa shape index (κ3) is 6.61. The van der Waals surface area contributed by atoms with Gasteiger partial charge in [0.25, 0.3) is 0 Å². The Morgan fingerprint density at radius 2 is 1.71 bits per heavy atom. The highest BCUT2D eigenvalue weighted by Gasteiger charge is 2.19. The molecule has 0 atom stereocenters. The molecule has 31 heavy (non-hydrogen) atoms. The quantitative estimate of drug-likeness (QED) is 0.554. The number of nitrogens with one attached hydrogen (secondary N) is 1. The number of halogens is 1. The molecule has 0 aliphatic carbocycles. The second kappa shape index (κ2) is 10.9. The highest BCUT2D eigenvalue weighted by molar-refractivity contribution is 7.15. The molecule has 0 saturated carbocycles. The Morgan fingerprint density at radius 3 is 2.48 bits per heavy atom. The van der Waals surface area contributed by atoms with E-state index >= 15 is 0 Å². The van der Waals surface area contributed by atoms with Crippen molar-refractivity contribution in [1.82, 2.24) is 14.8 Å². The van der Waals surface area contributed by atoms with Gasteiger partial charge in [0, 0.05) is 55.2 Å². The van der Waals surface area contributed by atoms with Crippen molar-refractivity contribution in [2.75, 3.05) is 44.6 Å². The number of benzene rings is 2. The maximum absolute atomic E-state index is 12.5. The van der Waals surface area contributed by atoms with E-state index in [4.69, 9.17) is 11.6 Å². The summed E-state index contributed by atoms with van der Waals surface area (Å²) in [7, 11) is 0. The van der Waals surface area contributed by atoms with Crippen LogP contribution in [0.15, 0.2) is 60.8 Å². The number of rotatable bonds is 8. The summed E-state index contributed by atoms with van der Waals surface area (Å²) in [4.78, 5) is 22.6. The molecule has 162 valence electrons. The van der Waals surface area contributed by atoms with Gasteiger partial charge < -0.3 is 10.2 Å². The first-order chi connectivity index (χ1) is 15.2. The SMILES string of the molecule is O=C(CN1CCN(CCc2ccccc2)CC1)Nc1ncc(Cc2ccccc2Cl)s1. The smallest absolute Gasteiger partial charge is 0.240 e. The monoisotopic (exact) mass is 454 g/mol. The normalized spacial score (nSPS) is 15.1. The van der Waals surface area contributed by atoms with E-state index in [9.17, 15) is 4.79 Å². The Labute approximate surface area is 192 Å². The van der Waals surface area contributed by atoms with Crippen LogP contribution in [-0.4, -0.2) is 60.0 Å². The van der Waals surface area contributed by atoms with Crippen LogP contribution in [0.1, 0.15) is 16.0 Å². The van der Waals surface area contributed by atoms with E-state index in [1.807, 2.05) is 30.5 Å². The van der Waals surface area contributed by atoms with Crippen LogP contribution in [0, 0.1) is 0 Å². The Hall–Kier alpha value is -2.25. The zero-order chi connectivity index (χ0) is 21.5. The number of hydrogen-bond donors (Lipinski definition) is 1. The summed E-state index contributed by atoms with van der Waals surface area (Å²) in [6.45, 7) is 5.30. The molecule has 1 aliphatic heterocycles. The maximum atomic E-state index is 12.5. The highest BCUT2D eigenvalue weighted by atomic mass is 35.5. The lowest BCUT2D eigenvalue weighted by Gasteiger charge is -2.34. The molecule has 1 N–H and O–H groups in total. The molecular weight excluding hydrogens is 428 g/mol. The molecule has 1 aliphatic rings. The zero-order valence-electron chi connectivity index (χ0n) is 17.5. The molecule has 3 aromatic rings. The Bertz CT molecular complexity index is 986. The van der Waals surface area contributed by atoms with Crippen LogP contribution in [0.5, 0.6) is 0 Å². The summed E-state index contributed by atoms with van der Waals surface area (Å²) < 4.78 is 0. The first-order valence-electron chi connectivity index (χ1n) is 10.6. The molecule has 0 radical (unpaired) electrons. The number of amides is 1. The summed E-state index contributed by atoms with van der Waals surface area (Å²) >= 11 is 7.74. The predicted octanol–water partition coefficient (Wildman–Crippen LogP) is 4.19. The molecule has 1 fully saturated rings. The number of thiazole rings is 1. The number of anilines is 1. The molecule has 1 saturated heterocycles. The molecule has 0 spiro atoms. The molecule has 1 amide bonds. The lowest BCUT2D eigenvalue weighted by Crippen LogP contribution is -2.49. The van der Waals surface area contributed by atoms with Gasteiger partial charge in [-0.25, -0.2) is 4.98 Å². The fraction of sp³-hybridized carbons (Fsp3) is 0.333. The molecule has 5 nitrogen and oxygen atoms in total. The minimum absolute atomic E-state index is 0.00335. The van der Waals surface area contributed by atoms with Crippen LogP contribution in [-0.2, 0) is 17.6 Å². The van der Waals surface area contributed by atoms with Gasteiger partial charge in [0.1, 0.15) is 0 Å². The van der Waals surface area contributed by atoms with Crippen LogP contribution in [0.25, 0.3) is 0 Å². The van der Waals surface area contributed by atoms with Crippen LogP contribution in [0.3, 0.4) is 0 Å².